The van der Waals surface area contributed by atoms with Gasteiger partial charge in [-0.3, -0.25) is 4.79 Å². The van der Waals surface area contributed by atoms with E-state index in [0.29, 0.717) is 20.9 Å². The first-order chi connectivity index (χ1) is 9.40. The standard InChI is InChI=1S/C15H17FN2OS/c1-15(2,8-6-7-8)18-14(19)13-12(17)11-9(16)4-3-5-10(11)20-13/h3-5,8H,6-7,17H2,1-2H3,(H,18,19). The molecule has 1 amide bonds. The van der Waals surface area contributed by atoms with E-state index in [2.05, 4.69) is 5.32 Å². The van der Waals surface area contributed by atoms with Crippen LogP contribution in [0.4, 0.5) is 10.1 Å². The van der Waals surface area contributed by atoms with Crippen molar-refractivity contribution in [2.45, 2.75) is 32.2 Å². The second kappa shape index (κ2) is 4.45. The van der Waals surface area contributed by atoms with Gasteiger partial charge in [0.1, 0.15) is 10.7 Å². The van der Waals surface area contributed by atoms with E-state index in [4.69, 9.17) is 5.73 Å². The number of rotatable bonds is 3. The molecule has 1 aromatic carbocycles. The smallest absolute Gasteiger partial charge is 0.263 e. The quantitative estimate of drug-likeness (QED) is 0.909. The van der Waals surface area contributed by atoms with Crippen molar-refractivity contribution in [1.29, 1.82) is 0 Å². The van der Waals surface area contributed by atoms with Crippen LogP contribution in [0.25, 0.3) is 10.1 Å². The van der Waals surface area contributed by atoms with E-state index in [0.717, 1.165) is 12.8 Å². The van der Waals surface area contributed by atoms with Crippen molar-refractivity contribution in [1.82, 2.24) is 5.32 Å². The lowest BCUT2D eigenvalue weighted by molar-refractivity contribution is 0.0908. The molecule has 1 heterocycles. The molecule has 1 aromatic heterocycles. The molecule has 2 aromatic rings. The number of fused-ring (bicyclic) bond motifs is 1. The molecule has 0 radical (unpaired) electrons. The van der Waals surface area contributed by atoms with Crippen LogP contribution in [0.15, 0.2) is 18.2 Å². The molecule has 0 atom stereocenters. The number of carbonyl (C=O) groups excluding carboxylic acids is 1. The summed E-state index contributed by atoms with van der Waals surface area (Å²) in [5, 5.41) is 3.38. The van der Waals surface area contributed by atoms with Gasteiger partial charge < -0.3 is 11.1 Å². The highest BCUT2D eigenvalue weighted by Crippen LogP contribution is 2.40. The van der Waals surface area contributed by atoms with Crippen molar-refractivity contribution in [3.8, 4) is 0 Å². The van der Waals surface area contributed by atoms with Gasteiger partial charge in [-0.15, -0.1) is 11.3 Å². The Balaban J connectivity index is 1.96. The first kappa shape index (κ1) is 13.4. The third-order valence-electron chi connectivity index (χ3n) is 3.94. The highest BCUT2D eigenvalue weighted by atomic mass is 32.1. The molecule has 3 rings (SSSR count). The molecule has 0 bridgehead atoms. The predicted octanol–water partition coefficient (Wildman–Crippen LogP) is 3.54. The van der Waals surface area contributed by atoms with Crippen molar-refractivity contribution < 1.29 is 9.18 Å². The van der Waals surface area contributed by atoms with E-state index in [1.807, 2.05) is 13.8 Å². The number of amides is 1. The van der Waals surface area contributed by atoms with Crippen molar-refractivity contribution in [3.05, 3.63) is 28.9 Å². The van der Waals surface area contributed by atoms with Crippen LogP contribution >= 0.6 is 11.3 Å². The fourth-order valence-corrected chi connectivity index (χ4v) is 3.59. The molecular weight excluding hydrogens is 275 g/mol. The topological polar surface area (TPSA) is 55.1 Å². The number of benzene rings is 1. The van der Waals surface area contributed by atoms with E-state index in [1.165, 1.54) is 17.4 Å². The molecule has 1 saturated carbocycles. The Morgan fingerprint density at radius 1 is 1.45 bits per heavy atom. The first-order valence-corrected chi connectivity index (χ1v) is 7.51. The van der Waals surface area contributed by atoms with Gasteiger partial charge in [0.05, 0.1) is 11.1 Å². The molecule has 3 nitrogen and oxygen atoms in total. The van der Waals surface area contributed by atoms with Gasteiger partial charge >= 0.3 is 0 Å². The lowest BCUT2D eigenvalue weighted by Gasteiger charge is -2.25. The third-order valence-corrected chi connectivity index (χ3v) is 5.11. The summed E-state index contributed by atoms with van der Waals surface area (Å²) in [6.45, 7) is 4.04. The van der Waals surface area contributed by atoms with E-state index < -0.39 is 0 Å². The van der Waals surface area contributed by atoms with Gasteiger partial charge in [-0.1, -0.05) is 6.07 Å². The zero-order valence-electron chi connectivity index (χ0n) is 11.5. The predicted molar refractivity (Wildman–Crippen MR) is 80.5 cm³/mol. The molecule has 3 N–H and O–H groups in total. The summed E-state index contributed by atoms with van der Waals surface area (Å²) in [6, 6.07) is 4.77. The summed E-state index contributed by atoms with van der Waals surface area (Å²) in [5.74, 6) is -0.0597. The summed E-state index contributed by atoms with van der Waals surface area (Å²) in [7, 11) is 0. The van der Waals surface area contributed by atoms with Crippen molar-refractivity contribution in [2.75, 3.05) is 5.73 Å². The molecule has 1 aliphatic carbocycles. The van der Waals surface area contributed by atoms with Crippen molar-refractivity contribution >= 4 is 33.0 Å². The Kier molecular flexibility index (Phi) is 2.97. The third kappa shape index (κ3) is 2.16. The molecule has 5 heteroatoms. The lowest BCUT2D eigenvalue weighted by Crippen LogP contribution is -2.45. The van der Waals surface area contributed by atoms with E-state index in [9.17, 15) is 9.18 Å². The number of hydrogen-bond donors (Lipinski definition) is 2. The van der Waals surface area contributed by atoms with Crippen LogP contribution in [-0.4, -0.2) is 11.4 Å². The minimum Gasteiger partial charge on any atom is -0.397 e. The fraction of sp³-hybridized carbons (Fsp3) is 0.400. The molecule has 0 saturated heterocycles. The van der Waals surface area contributed by atoms with Gasteiger partial charge in [-0.25, -0.2) is 4.39 Å². The molecular formula is C15H17FN2OS. The van der Waals surface area contributed by atoms with Gasteiger partial charge in [0.15, 0.2) is 0 Å². The second-order valence-electron chi connectivity index (χ2n) is 5.91. The zero-order valence-corrected chi connectivity index (χ0v) is 12.3. The summed E-state index contributed by atoms with van der Waals surface area (Å²) in [4.78, 5) is 12.8. The summed E-state index contributed by atoms with van der Waals surface area (Å²) < 4.78 is 14.5. The Bertz CT molecular complexity index is 688. The first-order valence-electron chi connectivity index (χ1n) is 6.69. The van der Waals surface area contributed by atoms with Crippen molar-refractivity contribution in [3.63, 3.8) is 0 Å². The second-order valence-corrected chi connectivity index (χ2v) is 6.96. The van der Waals surface area contributed by atoms with Crippen LogP contribution in [0.5, 0.6) is 0 Å². The normalized spacial score (nSPS) is 15.6. The number of thiophene rings is 1. The molecule has 0 aliphatic heterocycles. The Morgan fingerprint density at radius 3 is 2.75 bits per heavy atom. The maximum atomic E-state index is 13.8. The van der Waals surface area contributed by atoms with Crippen LogP contribution in [0.2, 0.25) is 0 Å². The largest absolute Gasteiger partial charge is 0.397 e. The number of anilines is 1. The van der Waals surface area contributed by atoms with Gasteiger partial charge in [-0.05, 0) is 44.7 Å². The number of nitrogen functional groups attached to an aromatic ring is 1. The monoisotopic (exact) mass is 292 g/mol. The Morgan fingerprint density at radius 2 is 2.15 bits per heavy atom. The van der Waals surface area contributed by atoms with Crippen LogP contribution in [0, 0.1) is 11.7 Å². The zero-order chi connectivity index (χ0) is 14.5. The molecule has 1 fully saturated rings. The maximum Gasteiger partial charge on any atom is 0.263 e. The van der Waals surface area contributed by atoms with E-state index >= 15 is 0 Å². The number of hydrogen-bond acceptors (Lipinski definition) is 3. The molecule has 0 spiro atoms. The average molecular weight is 292 g/mol. The number of halogens is 1. The SMILES string of the molecule is CC(C)(NC(=O)c1sc2cccc(F)c2c1N)C1CC1. The summed E-state index contributed by atoms with van der Waals surface area (Å²) in [6.07, 6.45) is 2.29. The van der Waals surface area contributed by atoms with Crippen molar-refractivity contribution in [2.24, 2.45) is 5.92 Å². The summed E-state index contributed by atoms with van der Waals surface area (Å²) in [5.41, 5.74) is 5.97. The number of nitrogens with two attached hydrogens (primary N) is 1. The maximum absolute atomic E-state index is 13.8. The van der Waals surface area contributed by atoms with Gasteiger partial charge in [0.2, 0.25) is 0 Å². The number of nitrogens with one attached hydrogen (secondary N) is 1. The van der Waals surface area contributed by atoms with Crippen LogP contribution in [0.1, 0.15) is 36.4 Å². The fourth-order valence-electron chi connectivity index (χ4n) is 2.55. The Hall–Kier alpha value is -1.62. The van der Waals surface area contributed by atoms with Gasteiger partial charge in [0.25, 0.3) is 5.91 Å². The van der Waals surface area contributed by atoms with Crippen LogP contribution in [-0.2, 0) is 0 Å². The number of carbonyl (C=O) groups is 1. The minimum absolute atomic E-state index is 0.208. The Labute approximate surface area is 121 Å². The molecule has 0 unspecified atom stereocenters. The van der Waals surface area contributed by atoms with Crippen LogP contribution in [0.3, 0.4) is 0 Å². The molecule has 1 aliphatic rings. The molecule has 20 heavy (non-hydrogen) atoms. The van der Waals surface area contributed by atoms with E-state index in [1.54, 1.807) is 12.1 Å². The summed E-state index contributed by atoms with van der Waals surface area (Å²) >= 11 is 1.24. The lowest BCUT2D eigenvalue weighted by atomic mass is 9.98. The highest BCUT2D eigenvalue weighted by molar-refractivity contribution is 7.21. The van der Waals surface area contributed by atoms with Gasteiger partial charge in [0, 0.05) is 10.2 Å². The average Bonchev–Trinajstić information content (AvgIpc) is 3.15. The van der Waals surface area contributed by atoms with E-state index in [-0.39, 0.29) is 23.0 Å². The molecule has 106 valence electrons. The minimum atomic E-state index is -0.378. The van der Waals surface area contributed by atoms with Gasteiger partial charge in [-0.2, -0.15) is 0 Å². The highest BCUT2D eigenvalue weighted by Gasteiger charge is 2.39. The van der Waals surface area contributed by atoms with Crippen LogP contribution < -0.4 is 11.1 Å².